The van der Waals surface area contributed by atoms with Crippen molar-refractivity contribution in [3.8, 4) is 0 Å². The van der Waals surface area contributed by atoms with Gasteiger partial charge in [0.2, 0.25) is 0 Å². The molecule has 1 aliphatic heterocycles. The average molecular weight is 143 g/mol. The molecule has 0 radical (unpaired) electrons. The molecule has 0 fully saturated rings. The summed E-state index contributed by atoms with van der Waals surface area (Å²) in [7, 11) is 2.52. The highest BCUT2D eigenvalue weighted by Crippen LogP contribution is 1.99. The summed E-state index contributed by atoms with van der Waals surface area (Å²) in [5, 5.41) is 0. The van der Waals surface area contributed by atoms with E-state index in [-0.39, 0.29) is 0 Å². The molecular formula is C6H10NOP. The van der Waals surface area contributed by atoms with E-state index < -0.39 is 0 Å². The summed E-state index contributed by atoms with van der Waals surface area (Å²) in [6.45, 7) is 1.60. The van der Waals surface area contributed by atoms with Gasteiger partial charge in [-0.25, -0.2) is 0 Å². The molecule has 0 aromatic heterocycles. The molecule has 1 heterocycles. The van der Waals surface area contributed by atoms with Gasteiger partial charge in [0.15, 0.2) is 5.90 Å². The second-order valence-corrected chi connectivity index (χ2v) is 2.14. The van der Waals surface area contributed by atoms with Crippen LogP contribution in [-0.2, 0) is 4.74 Å². The van der Waals surface area contributed by atoms with Crippen LogP contribution < -0.4 is 0 Å². The van der Waals surface area contributed by atoms with E-state index in [0.29, 0.717) is 0 Å². The van der Waals surface area contributed by atoms with Crippen molar-refractivity contribution in [2.45, 2.75) is 6.42 Å². The van der Waals surface area contributed by atoms with Gasteiger partial charge in [-0.15, -0.1) is 9.24 Å². The molecule has 50 valence electrons. The lowest BCUT2D eigenvalue weighted by molar-refractivity contribution is 0.341. The third-order valence-electron chi connectivity index (χ3n) is 1.08. The van der Waals surface area contributed by atoms with E-state index in [0.717, 1.165) is 25.5 Å². The van der Waals surface area contributed by atoms with Crippen LogP contribution in [0.15, 0.2) is 16.9 Å². The Labute approximate surface area is 57.2 Å². The van der Waals surface area contributed by atoms with Crippen molar-refractivity contribution in [1.29, 1.82) is 0 Å². The van der Waals surface area contributed by atoms with Gasteiger partial charge in [-0.1, -0.05) is 11.9 Å². The summed E-state index contributed by atoms with van der Waals surface area (Å²) in [5.41, 5.74) is 0. The van der Waals surface area contributed by atoms with Gasteiger partial charge in [0.25, 0.3) is 0 Å². The predicted molar refractivity (Wildman–Crippen MR) is 41.7 cm³/mol. The van der Waals surface area contributed by atoms with Crippen LogP contribution in [0.3, 0.4) is 0 Å². The van der Waals surface area contributed by atoms with Crippen LogP contribution in [0.25, 0.3) is 0 Å². The summed E-state index contributed by atoms with van der Waals surface area (Å²) in [4.78, 5) is 4.11. The van der Waals surface area contributed by atoms with Gasteiger partial charge in [0.05, 0.1) is 6.54 Å². The molecule has 1 aliphatic rings. The second kappa shape index (κ2) is 3.62. The topological polar surface area (TPSA) is 21.6 Å². The Morgan fingerprint density at radius 3 is 3.22 bits per heavy atom. The van der Waals surface area contributed by atoms with Crippen molar-refractivity contribution >= 4 is 15.1 Å². The molecule has 0 saturated carbocycles. The fraction of sp³-hybridized carbons (Fsp3) is 0.500. The summed E-state index contributed by atoms with van der Waals surface area (Å²) < 4.78 is 5.14. The van der Waals surface area contributed by atoms with Crippen LogP contribution in [0.4, 0.5) is 0 Å². The zero-order valence-corrected chi connectivity index (χ0v) is 6.36. The Hall–Kier alpha value is -0.360. The SMILES string of the molecule is PC=CCC1=NCCO1. The Morgan fingerprint density at radius 2 is 2.67 bits per heavy atom. The molecule has 9 heavy (non-hydrogen) atoms. The average Bonchev–Trinajstić information content (AvgIpc) is 2.34. The molecule has 0 saturated heterocycles. The molecule has 1 unspecified atom stereocenters. The van der Waals surface area contributed by atoms with Crippen molar-refractivity contribution in [2.24, 2.45) is 4.99 Å². The highest BCUT2D eigenvalue weighted by atomic mass is 31.0. The summed E-state index contributed by atoms with van der Waals surface area (Å²) in [6, 6.07) is 0. The first-order chi connectivity index (χ1) is 4.43. The van der Waals surface area contributed by atoms with E-state index in [1.807, 2.05) is 11.9 Å². The monoisotopic (exact) mass is 143 g/mol. The maximum absolute atomic E-state index is 5.14. The van der Waals surface area contributed by atoms with Crippen LogP contribution in [0, 0.1) is 0 Å². The Morgan fingerprint density at radius 1 is 1.78 bits per heavy atom. The van der Waals surface area contributed by atoms with Gasteiger partial charge in [0.1, 0.15) is 6.61 Å². The Balaban J connectivity index is 2.26. The lowest BCUT2D eigenvalue weighted by atomic mass is 10.4. The number of aliphatic imine (C=N–C) groups is 1. The van der Waals surface area contributed by atoms with Gasteiger partial charge >= 0.3 is 0 Å². The summed E-state index contributed by atoms with van der Waals surface area (Å²) in [6.07, 6.45) is 2.85. The van der Waals surface area contributed by atoms with E-state index >= 15 is 0 Å². The van der Waals surface area contributed by atoms with E-state index in [1.54, 1.807) is 0 Å². The first-order valence-corrected chi connectivity index (χ1v) is 3.63. The normalized spacial score (nSPS) is 18.1. The summed E-state index contributed by atoms with van der Waals surface area (Å²) in [5.74, 6) is 2.79. The fourth-order valence-corrected chi connectivity index (χ4v) is 0.808. The smallest absolute Gasteiger partial charge is 0.187 e. The molecule has 0 spiro atoms. The van der Waals surface area contributed by atoms with E-state index in [4.69, 9.17) is 4.74 Å². The molecule has 1 atom stereocenters. The van der Waals surface area contributed by atoms with Crippen LogP contribution in [-0.4, -0.2) is 19.0 Å². The van der Waals surface area contributed by atoms with Crippen LogP contribution in [0.1, 0.15) is 6.42 Å². The Kier molecular flexibility index (Phi) is 2.72. The molecule has 0 aliphatic carbocycles. The predicted octanol–water partition coefficient (Wildman–Crippen LogP) is 1.19. The lowest BCUT2D eigenvalue weighted by Gasteiger charge is -1.93. The molecule has 0 aromatic carbocycles. The van der Waals surface area contributed by atoms with Crippen LogP contribution in [0.2, 0.25) is 0 Å². The standard InChI is InChI=1S/C6H10NOP/c9-5-1-2-6-7-3-4-8-6/h1,5H,2-4,9H2. The van der Waals surface area contributed by atoms with Crippen LogP contribution in [0.5, 0.6) is 0 Å². The molecular weight excluding hydrogens is 133 g/mol. The number of nitrogens with zero attached hydrogens (tertiary/aromatic N) is 1. The highest BCUT2D eigenvalue weighted by Gasteiger charge is 2.02. The maximum Gasteiger partial charge on any atom is 0.187 e. The maximum atomic E-state index is 5.14. The minimum absolute atomic E-state index is 0.764. The van der Waals surface area contributed by atoms with Crippen molar-refractivity contribution < 1.29 is 4.74 Å². The zero-order valence-electron chi connectivity index (χ0n) is 5.21. The van der Waals surface area contributed by atoms with Crippen molar-refractivity contribution in [2.75, 3.05) is 13.2 Å². The van der Waals surface area contributed by atoms with Gasteiger partial charge in [-0.2, -0.15) is 0 Å². The first kappa shape index (κ1) is 6.76. The third-order valence-corrected chi connectivity index (χ3v) is 1.35. The number of hydrogen-bond donors (Lipinski definition) is 0. The molecule has 2 nitrogen and oxygen atoms in total. The minimum atomic E-state index is 0.764. The van der Waals surface area contributed by atoms with E-state index in [2.05, 4.69) is 14.2 Å². The molecule has 0 N–H and O–H groups in total. The van der Waals surface area contributed by atoms with Gasteiger partial charge < -0.3 is 4.74 Å². The Bertz CT molecular complexity index is 142. The molecule has 3 heteroatoms. The molecule has 0 aromatic rings. The first-order valence-electron chi connectivity index (χ1n) is 2.96. The van der Waals surface area contributed by atoms with Crippen molar-refractivity contribution in [3.05, 3.63) is 11.9 Å². The van der Waals surface area contributed by atoms with Crippen molar-refractivity contribution in [1.82, 2.24) is 0 Å². The van der Waals surface area contributed by atoms with Crippen LogP contribution >= 0.6 is 9.24 Å². The molecule has 0 bridgehead atoms. The number of rotatable bonds is 2. The lowest BCUT2D eigenvalue weighted by Crippen LogP contribution is -1.95. The second-order valence-electron chi connectivity index (χ2n) is 1.76. The van der Waals surface area contributed by atoms with Crippen molar-refractivity contribution in [3.63, 3.8) is 0 Å². The van der Waals surface area contributed by atoms with Gasteiger partial charge in [-0.05, 0) is 0 Å². The largest absolute Gasteiger partial charge is 0.479 e. The van der Waals surface area contributed by atoms with E-state index in [1.165, 1.54) is 0 Å². The third kappa shape index (κ3) is 2.15. The number of ether oxygens (including phenoxy) is 1. The zero-order chi connectivity index (χ0) is 6.53. The minimum Gasteiger partial charge on any atom is -0.479 e. The highest BCUT2D eigenvalue weighted by molar-refractivity contribution is 7.20. The van der Waals surface area contributed by atoms with Gasteiger partial charge in [0, 0.05) is 6.42 Å². The quantitative estimate of drug-likeness (QED) is 0.532. The van der Waals surface area contributed by atoms with E-state index in [9.17, 15) is 0 Å². The summed E-state index contributed by atoms with van der Waals surface area (Å²) >= 11 is 0. The molecule has 0 amide bonds. The molecule has 1 rings (SSSR count). The number of hydrogen-bond acceptors (Lipinski definition) is 2. The van der Waals surface area contributed by atoms with Gasteiger partial charge in [-0.3, -0.25) is 4.99 Å². The fourth-order valence-electron chi connectivity index (χ4n) is 0.672.